The molecule has 0 spiro atoms. The zero-order chi connectivity index (χ0) is 15.2. The second-order valence-corrected chi connectivity index (χ2v) is 5.55. The first-order valence-electron chi connectivity index (χ1n) is 6.00. The topological polar surface area (TPSA) is 111 Å². The Labute approximate surface area is 122 Å². The molecule has 1 aliphatic heterocycles. The number of thioether (sulfide) groups is 1. The SMILES string of the molecule is Cc1nn2c(nc1=O)SCC2(O)c1cccc([N+](=O)[O-])c1. The third kappa shape index (κ3) is 2.10. The summed E-state index contributed by atoms with van der Waals surface area (Å²) in [7, 11) is 0. The van der Waals surface area contributed by atoms with Gasteiger partial charge < -0.3 is 5.11 Å². The lowest BCUT2D eigenvalue weighted by Crippen LogP contribution is -2.37. The molecule has 9 heteroatoms. The minimum atomic E-state index is -1.56. The van der Waals surface area contributed by atoms with Crippen LogP contribution in [0.4, 0.5) is 5.69 Å². The monoisotopic (exact) mass is 306 g/mol. The van der Waals surface area contributed by atoms with Gasteiger partial charge in [0.15, 0.2) is 10.9 Å². The zero-order valence-corrected chi connectivity index (χ0v) is 11.7. The predicted molar refractivity (Wildman–Crippen MR) is 74.1 cm³/mol. The molecule has 108 valence electrons. The molecular weight excluding hydrogens is 296 g/mol. The van der Waals surface area contributed by atoms with Crippen molar-refractivity contribution in [1.82, 2.24) is 14.8 Å². The van der Waals surface area contributed by atoms with Gasteiger partial charge >= 0.3 is 0 Å². The molecule has 3 rings (SSSR count). The van der Waals surface area contributed by atoms with E-state index in [1.165, 1.54) is 41.6 Å². The Morgan fingerprint density at radius 1 is 1.52 bits per heavy atom. The molecule has 0 amide bonds. The summed E-state index contributed by atoms with van der Waals surface area (Å²) in [6.07, 6.45) is 0. The van der Waals surface area contributed by atoms with Crippen molar-refractivity contribution in [2.75, 3.05) is 5.75 Å². The Balaban J connectivity index is 2.17. The van der Waals surface area contributed by atoms with E-state index in [2.05, 4.69) is 10.1 Å². The molecule has 1 aromatic carbocycles. The van der Waals surface area contributed by atoms with E-state index in [0.29, 0.717) is 10.7 Å². The molecule has 0 saturated carbocycles. The lowest BCUT2D eigenvalue weighted by Gasteiger charge is -2.24. The molecule has 1 N–H and O–H groups in total. The molecule has 0 fully saturated rings. The number of nitro benzene ring substituents is 1. The second-order valence-electron chi connectivity index (χ2n) is 4.61. The summed E-state index contributed by atoms with van der Waals surface area (Å²) in [5, 5.41) is 26.1. The third-order valence-electron chi connectivity index (χ3n) is 3.21. The van der Waals surface area contributed by atoms with E-state index in [4.69, 9.17) is 0 Å². The maximum absolute atomic E-state index is 11.5. The van der Waals surface area contributed by atoms with E-state index in [9.17, 15) is 20.0 Å². The number of nitro groups is 1. The molecule has 2 aromatic rings. The highest BCUT2D eigenvalue weighted by atomic mass is 32.2. The van der Waals surface area contributed by atoms with Crippen LogP contribution < -0.4 is 5.56 Å². The van der Waals surface area contributed by atoms with Crippen LogP contribution in [-0.4, -0.2) is 30.5 Å². The smallest absolute Gasteiger partial charge is 0.295 e. The summed E-state index contributed by atoms with van der Waals surface area (Å²) in [4.78, 5) is 25.7. The van der Waals surface area contributed by atoms with Gasteiger partial charge in [0.1, 0.15) is 5.69 Å². The van der Waals surface area contributed by atoms with Crippen LogP contribution in [0.15, 0.2) is 34.2 Å². The lowest BCUT2D eigenvalue weighted by atomic mass is 10.0. The van der Waals surface area contributed by atoms with Gasteiger partial charge in [0, 0.05) is 17.7 Å². The normalized spacial score (nSPS) is 20.3. The highest BCUT2D eigenvalue weighted by Gasteiger charge is 2.41. The number of non-ortho nitro benzene ring substituents is 1. The molecule has 1 aliphatic rings. The summed E-state index contributed by atoms with van der Waals surface area (Å²) >= 11 is 1.18. The highest BCUT2D eigenvalue weighted by molar-refractivity contribution is 7.99. The van der Waals surface area contributed by atoms with Crippen LogP contribution in [0.3, 0.4) is 0 Å². The molecule has 1 unspecified atom stereocenters. The van der Waals surface area contributed by atoms with Crippen molar-refractivity contribution in [3.63, 3.8) is 0 Å². The largest absolute Gasteiger partial charge is 0.365 e. The number of benzene rings is 1. The van der Waals surface area contributed by atoms with Crippen molar-refractivity contribution in [3.8, 4) is 0 Å². The summed E-state index contributed by atoms with van der Waals surface area (Å²) in [6.45, 7) is 1.50. The fraction of sp³-hybridized carbons (Fsp3) is 0.250. The second kappa shape index (κ2) is 4.64. The minimum absolute atomic E-state index is 0.120. The van der Waals surface area contributed by atoms with E-state index in [1.807, 2.05) is 0 Å². The third-order valence-corrected chi connectivity index (χ3v) is 4.28. The first-order chi connectivity index (χ1) is 9.91. The van der Waals surface area contributed by atoms with Crippen molar-refractivity contribution < 1.29 is 10.0 Å². The van der Waals surface area contributed by atoms with E-state index < -0.39 is 16.2 Å². The summed E-state index contributed by atoms with van der Waals surface area (Å²) in [5.74, 6) is 0.178. The zero-order valence-electron chi connectivity index (χ0n) is 10.9. The molecule has 21 heavy (non-hydrogen) atoms. The number of hydrogen-bond acceptors (Lipinski definition) is 7. The number of rotatable bonds is 2. The Hall–Kier alpha value is -2.26. The Morgan fingerprint density at radius 3 is 3.00 bits per heavy atom. The molecule has 8 nitrogen and oxygen atoms in total. The molecule has 2 heterocycles. The van der Waals surface area contributed by atoms with Crippen molar-refractivity contribution in [2.24, 2.45) is 0 Å². The predicted octanol–water partition coefficient (Wildman–Crippen LogP) is 0.654. The van der Waals surface area contributed by atoms with E-state index in [-0.39, 0.29) is 17.1 Å². The minimum Gasteiger partial charge on any atom is -0.365 e. The maximum Gasteiger partial charge on any atom is 0.295 e. The van der Waals surface area contributed by atoms with Gasteiger partial charge in [-0.05, 0) is 6.92 Å². The Morgan fingerprint density at radius 2 is 2.29 bits per heavy atom. The molecule has 0 radical (unpaired) electrons. The molecule has 0 aliphatic carbocycles. The van der Waals surface area contributed by atoms with Crippen molar-refractivity contribution in [2.45, 2.75) is 17.8 Å². The summed E-state index contributed by atoms with van der Waals surface area (Å²) in [6, 6.07) is 5.72. The first-order valence-corrected chi connectivity index (χ1v) is 6.99. The fourth-order valence-corrected chi connectivity index (χ4v) is 3.17. The Kier molecular flexibility index (Phi) is 3.03. The molecule has 1 aromatic heterocycles. The number of nitrogens with zero attached hydrogens (tertiary/aromatic N) is 4. The van der Waals surface area contributed by atoms with Gasteiger partial charge in [-0.25, -0.2) is 4.68 Å². The number of aromatic nitrogens is 3. The van der Waals surface area contributed by atoms with Gasteiger partial charge in [0.2, 0.25) is 0 Å². The van der Waals surface area contributed by atoms with Gasteiger partial charge in [0.25, 0.3) is 11.2 Å². The van der Waals surface area contributed by atoms with Crippen LogP contribution in [0.2, 0.25) is 0 Å². The number of fused-ring (bicyclic) bond motifs is 1. The molecule has 0 bridgehead atoms. The van der Waals surface area contributed by atoms with Gasteiger partial charge in [-0.3, -0.25) is 14.9 Å². The van der Waals surface area contributed by atoms with E-state index in [1.54, 1.807) is 6.07 Å². The van der Waals surface area contributed by atoms with Crippen LogP contribution >= 0.6 is 11.8 Å². The van der Waals surface area contributed by atoms with Crippen LogP contribution in [-0.2, 0) is 5.72 Å². The van der Waals surface area contributed by atoms with Crippen molar-refractivity contribution >= 4 is 17.4 Å². The van der Waals surface area contributed by atoms with E-state index >= 15 is 0 Å². The van der Waals surface area contributed by atoms with Crippen LogP contribution in [0.25, 0.3) is 0 Å². The van der Waals surface area contributed by atoms with Crippen LogP contribution in [0.1, 0.15) is 11.3 Å². The van der Waals surface area contributed by atoms with Gasteiger partial charge in [-0.1, -0.05) is 23.9 Å². The average Bonchev–Trinajstić information content (AvgIpc) is 2.78. The first kappa shape index (κ1) is 13.7. The fourth-order valence-electron chi connectivity index (χ4n) is 2.09. The standard InChI is InChI=1S/C12H10N4O4S/c1-7-10(17)13-11-15(14-7)12(18,6-21-11)8-3-2-4-9(5-8)16(19)20/h2-5,18H,6H2,1H3. The molecule has 1 atom stereocenters. The number of aryl methyl sites for hydroxylation is 1. The highest BCUT2D eigenvalue weighted by Crippen LogP contribution is 2.38. The average molecular weight is 306 g/mol. The number of aliphatic hydroxyl groups is 1. The van der Waals surface area contributed by atoms with Crippen LogP contribution in [0.5, 0.6) is 0 Å². The van der Waals surface area contributed by atoms with Gasteiger partial charge in [0.05, 0.1) is 10.7 Å². The maximum atomic E-state index is 11.5. The lowest BCUT2D eigenvalue weighted by molar-refractivity contribution is -0.385. The van der Waals surface area contributed by atoms with Crippen molar-refractivity contribution in [3.05, 3.63) is 56.0 Å². The summed E-state index contributed by atoms with van der Waals surface area (Å²) < 4.78 is 1.24. The van der Waals surface area contributed by atoms with Gasteiger partial charge in [-0.2, -0.15) is 10.1 Å². The quantitative estimate of drug-likeness (QED) is 0.640. The van der Waals surface area contributed by atoms with Gasteiger partial charge in [-0.15, -0.1) is 0 Å². The van der Waals surface area contributed by atoms with Crippen LogP contribution in [0, 0.1) is 17.0 Å². The molecular formula is C12H10N4O4S. The Bertz CT molecular complexity index is 806. The van der Waals surface area contributed by atoms with Crippen molar-refractivity contribution in [1.29, 1.82) is 0 Å². The summed E-state index contributed by atoms with van der Waals surface area (Å²) in [5.41, 5.74) is -1.63. The number of hydrogen-bond donors (Lipinski definition) is 1. The van der Waals surface area contributed by atoms with E-state index in [0.717, 1.165) is 0 Å². The molecule has 0 saturated heterocycles.